The molecule has 1 aliphatic carbocycles. The first-order valence-electron chi connectivity index (χ1n) is 5.74. The van der Waals surface area contributed by atoms with Crippen LogP contribution in [0.1, 0.15) is 28.9 Å². The van der Waals surface area contributed by atoms with Crippen molar-refractivity contribution in [2.75, 3.05) is 6.54 Å². The van der Waals surface area contributed by atoms with Crippen LogP contribution in [0.3, 0.4) is 0 Å². The number of hydrogen-bond donors (Lipinski definition) is 1. The van der Waals surface area contributed by atoms with Crippen LogP contribution < -0.4 is 5.32 Å². The van der Waals surface area contributed by atoms with Gasteiger partial charge in [-0.3, -0.25) is 14.9 Å². The molecule has 2 rings (SSSR count). The minimum absolute atomic E-state index is 0.0174. The summed E-state index contributed by atoms with van der Waals surface area (Å²) in [7, 11) is 0. The Balaban J connectivity index is 1.89. The molecule has 1 saturated carbocycles. The second-order valence-corrected chi connectivity index (χ2v) is 5.93. The predicted octanol–water partition coefficient (Wildman–Crippen LogP) is 2.79. The van der Waals surface area contributed by atoms with Crippen LogP contribution in [-0.2, 0) is 0 Å². The molecule has 1 aliphatic rings. The van der Waals surface area contributed by atoms with E-state index in [9.17, 15) is 14.9 Å². The third-order valence-corrected chi connectivity index (χ3v) is 4.70. The Morgan fingerprint density at radius 2 is 2.33 bits per heavy atom. The zero-order chi connectivity index (χ0) is 13.1. The maximum atomic E-state index is 11.8. The first-order chi connectivity index (χ1) is 8.58. The maximum Gasteiger partial charge on any atom is 0.324 e. The third-order valence-electron chi connectivity index (χ3n) is 3.09. The average Bonchev–Trinajstić information content (AvgIpc) is 2.94. The highest BCUT2D eigenvalue weighted by Gasteiger charge is 2.26. The summed E-state index contributed by atoms with van der Waals surface area (Å²) in [6.07, 6.45) is 3.12. The van der Waals surface area contributed by atoms with Crippen molar-refractivity contribution in [2.45, 2.75) is 24.6 Å². The molecule has 1 aromatic rings. The van der Waals surface area contributed by atoms with Gasteiger partial charge in [0.25, 0.3) is 5.91 Å². The fourth-order valence-electron chi connectivity index (χ4n) is 2.08. The highest BCUT2D eigenvalue weighted by atomic mass is 35.5. The normalized spacial score (nSPS) is 22.9. The largest absolute Gasteiger partial charge is 0.351 e. The summed E-state index contributed by atoms with van der Waals surface area (Å²) in [6.45, 7) is 0.540. The number of rotatable bonds is 4. The van der Waals surface area contributed by atoms with Crippen molar-refractivity contribution in [3.63, 3.8) is 0 Å². The van der Waals surface area contributed by atoms with Gasteiger partial charge in [-0.05, 0) is 24.8 Å². The molecule has 1 aromatic heterocycles. The molecule has 2 unspecified atom stereocenters. The summed E-state index contributed by atoms with van der Waals surface area (Å²) in [4.78, 5) is 22.2. The summed E-state index contributed by atoms with van der Waals surface area (Å²) in [5.41, 5.74) is 0. The Hall–Kier alpha value is -1.14. The molecule has 1 N–H and O–H groups in total. The molecule has 5 nitrogen and oxygen atoms in total. The molecule has 18 heavy (non-hydrogen) atoms. The number of nitrogens with zero attached hydrogens (tertiary/aromatic N) is 1. The zero-order valence-electron chi connectivity index (χ0n) is 9.60. The number of nitro groups is 1. The van der Waals surface area contributed by atoms with E-state index in [0.29, 0.717) is 17.3 Å². The molecule has 0 aromatic carbocycles. The number of carbonyl (C=O) groups is 1. The fourth-order valence-corrected chi connectivity index (χ4v) is 3.19. The van der Waals surface area contributed by atoms with E-state index in [4.69, 9.17) is 11.6 Å². The molecule has 1 amide bonds. The lowest BCUT2D eigenvalue weighted by Gasteiger charge is -2.13. The molecule has 2 atom stereocenters. The van der Waals surface area contributed by atoms with Crippen LogP contribution in [0.25, 0.3) is 0 Å². The summed E-state index contributed by atoms with van der Waals surface area (Å²) in [5, 5.41) is 13.4. The van der Waals surface area contributed by atoms with E-state index in [1.807, 2.05) is 0 Å². The summed E-state index contributed by atoms with van der Waals surface area (Å²) >= 11 is 7.00. The second kappa shape index (κ2) is 5.67. The van der Waals surface area contributed by atoms with Gasteiger partial charge in [-0.25, -0.2) is 0 Å². The van der Waals surface area contributed by atoms with Crippen molar-refractivity contribution in [3.8, 4) is 0 Å². The van der Waals surface area contributed by atoms with Gasteiger partial charge in [0.1, 0.15) is 0 Å². The van der Waals surface area contributed by atoms with E-state index in [-0.39, 0.29) is 16.3 Å². The Morgan fingerprint density at radius 1 is 1.56 bits per heavy atom. The standard InChI is InChI=1S/C11H13ClN2O3S/c12-8-3-1-2-7(8)6-13-11(15)9-4-5-10(18-9)14(16)17/h4-5,7-8H,1-3,6H2,(H,13,15). The summed E-state index contributed by atoms with van der Waals surface area (Å²) in [5.74, 6) is 0.0504. The van der Waals surface area contributed by atoms with E-state index in [2.05, 4.69) is 5.32 Å². The second-order valence-electron chi connectivity index (χ2n) is 4.31. The molecule has 0 aliphatic heterocycles. The lowest BCUT2D eigenvalue weighted by atomic mass is 10.1. The number of alkyl halides is 1. The van der Waals surface area contributed by atoms with Crippen molar-refractivity contribution in [1.82, 2.24) is 5.32 Å². The Labute approximate surface area is 113 Å². The average molecular weight is 289 g/mol. The van der Waals surface area contributed by atoms with Crippen LogP contribution in [0, 0.1) is 16.0 Å². The molecule has 7 heteroatoms. The van der Waals surface area contributed by atoms with Gasteiger partial charge >= 0.3 is 5.00 Å². The van der Waals surface area contributed by atoms with Crippen molar-refractivity contribution in [2.24, 2.45) is 5.92 Å². The fraction of sp³-hybridized carbons (Fsp3) is 0.545. The topological polar surface area (TPSA) is 72.2 Å². The molecule has 0 radical (unpaired) electrons. The number of amides is 1. The molecule has 1 fully saturated rings. The van der Waals surface area contributed by atoms with E-state index < -0.39 is 4.92 Å². The van der Waals surface area contributed by atoms with Gasteiger partial charge in [-0.1, -0.05) is 17.8 Å². The van der Waals surface area contributed by atoms with Gasteiger partial charge in [0.2, 0.25) is 0 Å². The first kappa shape index (κ1) is 13.3. The van der Waals surface area contributed by atoms with Crippen molar-refractivity contribution in [1.29, 1.82) is 0 Å². The number of halogens is 1. The predicted molar refractivity (Wildman–Crippen MR) is 70.3 cm³/mol. The zero-order valence-corrected chi connectivity index (χ0v) is 11.2. The first-order valence-corrected chi connectivity index (χ1v) is 6.99. The van der Waals surface area contributed by atoms with E-state index >= 15 is 0 Å². The van der Waals surface area contributed by atoms with Crippen molar-refractivity contribution < 1.29 is 9.72 Å². The Kier molecular flexibility index (Phi) is 4.19. The number of hydrogen-bond acceptors (Lipinski definition) is 4. The van der Waals surface area contributed by atoms with E-state index in [1.165, 1.54) is 12.1 Å². The lowest BCUT2D eigenvalue weighted by molar-refractivity contribution is -0.380. The van der Waals surface area contributed by atoms with Crippen LogP contribution in [0.15, 0.2) is 12.1 Å². The molecular weight excluding hydrogens is 276 g/mol. The lowest BCUT2D eigenvalue weighted by Crippen LogP contribution is -2.30. The van der Waals surface area contributed by atoms with Crippen LogP contribution in [0.2, 0.25) is 0 Å². The van der Waals surface area contributed by atoms with Crippen LogP contribution in [0.4, 0.5) is 5.00 Å². The van der Waals surface area contributed by atoms with Gasteiger partial charge in [-0.15, -0.1) is 11.6 Å². The molecule has 0 bridgehead atoms. The van der Waals surface area contributed by atoms with E-state index in [0.717, 1.165) is 30.6 Å². The monoisotopic (exact) mass is 288 g/mol. The summed E-state index contributed by atoms with van der Waals surface area (Å²) in [6, 6.07) is 2.82. The SMILES string of the molecule is O=C(NCC1CCCC1Cl)c1ccc([N+](=O)[O-])s1. The number of thiophene rings is 1. The van der Waals surface area contributed by atoms with Gasteiger partial charge in [0.05, 0.1) is 9.80 Å². The number of carbonyl (C=O) groups excluding carboxylic acids is 1. The Morgan fingerprint density at radius 3 is 2.89 bits per heavy atom. The van der Waals surface area contributed by atoms with Crippen LogP contribution in [-0.4, -0.2) is 22.8 Å². The van der Waals surface area contributed by atoms with E-state index in [1.54, 1.807) is 0 Å². The highest BCUT2D eigenvalue weighted by Crippen LogP contribution is 2.29. The third kappa shape index (κ3) is 3.00. The van der Waals surface area contributed by atoms with Gasteiger partial charge in [0.15, 0.2) is 0 Å². The smallest absolute Gasteiger partial charge is 0.324 e. The highest BCUT2D eigenvalue weighted by molar-refractivity contribution is 7.17. The van der Waals surface area contributed by atoms with Gasteiger partial charge < -0.3 is 5.32 Å². The summed E-state index contributed by atoms with van der Waals surface area (Å²) < 4.78 is 0. The van der Waals surface area contributed by atoms with Crippen LogP contribution in [0.5, 0.6) is 0 Å². The molecule has 0 saturated heterocycles. The van der Waals surface area contributed by atoms with Gasteiger partial charge in [0, 0.05) is 18.0 Å². The number of nitrogens with one attached hydrogen (secondary N) is 1. The quantitative estimate of drug-likeness (QED) is 0.526. The van der Waals surface area contributed by atoms with Crippen molar-refractivity contribution in [3.05, 3.63) is 27.1 Å². The molecule has 0 spiro atoms. The molecular formula is C11H13ClN2O3S. The Bertz CT molecular complexity index is 463. The maximum absolute atomic E-state index is 11.8. The minimum Gasteiger partial charge on any atom is -0.351 e. The van der Waals surface area contributed by atoms with Crippen molar-refractivity contribution >= 4 is 33.8 Å². The molecule has 98 valence electrons. The van der Waals surface area contributed by atoms with Gasteiger partial charge in [-0.2, -0.15) is 0 Å². The minimum atomic E-state index is -0.493. The molecule has 1 heterocycles. The van der Waals surface area contributed by atoms with Crippen LogP contribution >= 0.6 is 22.9 Å².